The van der Waals surface area contributed by atoms with Crippen LogP contribution in [0.3, 0.4) is 0 Å². The summed E-state index contributed by atoms with van der Waals surface area (Å²) in [5.74, 6) is 2.24. The summed E-state index contributed by atoms with van der Waals surface area (Å²) in [6.45, 7) is 3.06. The average molecular weight is 277 g/mol. The van der Waals surface area contributed by atoms with Gasteiger partial charge in [0.25, 0.3) is 5.91 Å². The van der Waals surface area contributed by atoms with Crippen LogP contribution < -0.4 is 5.32 Å². The number of likely N-dealkylation sites (tertiary alicyclic amines) is 1. The molecule has 110 valence electrons. The highest BCUT2D eigenvalue weighted by molar-refractivity contribution is 5.90. The summed E-state index contributed by atoms with van der Waals surface area (Å²) in [6, 6.07) is 0. The molecule has 2 fully saturated rings. The molecule has 0 aromatic carbocycles. The van der Waals surface area contributed by atoms with Gasteiger partial charge in [-0.2, -0.15) is 0 Å². The van der Waals surface area contributed by atoms with E-state index in [-0.39, 0.29) is 11.7 Å². The molecule has 2 heterocycles. The molecule has 0 bridgehead atoms. The molecule has 1 aromatic rings. The molecule has 1 saturated heterocycles. The first kappa shape index (κ1) is 13.5. The molecular weight excluding hydrogens is 254 g/mol. The lowest BCUT2D eigenvalue weighted by Gasteiger charge is -2.28. The second kappa shape index (κ2) is 5.91. The zero-order chi connectivity index (χ0) is 13.9. The zero-order valence-electron chi connectivity index (χ0n) is 12.1. The predicted octanol–water partition coefficient (Wildman–Crippen LogP) is 1.14. The van der Waals surface area contributed by atoms with Gasteiger partial charge in [0.05, 0.1) is 0 Å². The first-order valence-corrected chi connectivity index (χ1v) is 7.61. The number of hydrogen-bond donors (Lipinski definition) is 2. The maximum absolute atomic E-state index is 11.9. The number of nitrogens with one attached hydrogen (secondary N) is 2. The van der Waals surface area contributed by atoms with Crippen molar-refractivity contribution >= 4 is 5.91 Å². The number of amides is 1. The number of hydrogen-bond acceptors (Lipinski definition) is 4. The Kier molecular flexibility index (Phi) is 4.00. The van der Waals surface area contributed by atoms with Crippen molar-refractivity contribution in [1.29, 1.82) is 0 Å². The van der Waals surface area contributed by atoms with E-state index in [1.807, 2.05) is 0 Å². The SMILES string of the molecule is CN1CCC(CCNC(=O)c2n[nH]c(C3CC3)n2)CC1. The Balaban J connectivity index is 1.40. The lowest BCUT2D eigenvalue weighted by molar-refractivity contribution is 0.0939. The van der Waals surface area contributed by atoms with Crippen molar-refractivity contribution in [1.82, 2.24) is 25.4 Å². The molecule has 20 heavy (non-hydrogen) atoms. The summed E-state index contributed by atoms with van der Waals surface area (Å²) in [5, 5.41) is 9.80. The molecule has 1 amide bonds. The first-order chi connectivity index (χ1) is 9.72. The Labute approximate surface area is 119 Å². The topological polar surface area (TPSA) is 73.9 Å². The van der Waals surface area contributed by atoms with E-state index in [0.29, 0.717) is 5.92 Å². The summed E-state index contributed by atoms with van der Waals surface area (Å²) < 4.78 is 0. The van der Waals surface area contributed by atoms with E-state index in [2.05, 4.69) is 32.4 Å². The van der Waals surface area contributed by atoms with E-state index in [4.69, 9.17) is 0 Å². The summed E-state index contributed by atoms with van der Waals surface area (Å²) in [6.07, 6.45) is 5.84. The molecule has 6 heteroatoms. The van der Waals surface area contributed by atoms with Gasteiger partial charge in [-0.1, -0.05) is 0 Å². The Morgan fingerprint density at radius 3 is 2.80 bits per heavy atom. The average Bonchev–Trinajstić information content (AvgIpc) is 3.18. The van der Waals surface area contributed by atoms with Crippen molar-refractivity contribution < 1.29 is 4.79 Å². The van der Waals surface area contributed by atoms with Gasteiger partial charge in [-0.25, -0.2) is 4.98 Å². The molecular formula is C14H23N5O. The normalized spacial score (nSPS) is 21.1. The van der Waals surface area contributed by atoms with Gasteiger partial charge in [0.15, 0.2) is 0 Å². The fourth-order valence-corrected chi connectivity index (χ4v) is 2.73. The molecule has 1 aliphatic heterocycles. The molecule has 0 radical (unpaired) electrons. The minimum absolute atomic E-state index is 0.152. The second-order valence-corrected chi connectivity index (χ2v) is 6.11. The second-order valence-electron chi connectivity index (χ2n) is 6.11. The highest BCUT2D eigenvalue weighted by Gasteiger charge is 2.28. The van der Waals surface area contributed by atoms with Crippen LogP contribution in [0.5, 0.6) is 0 Å². The minimum atomic E-state index is -0.152. The standard InChI is InChI=1S/C14H23N5O/c1-19-8-5-10(6-9-19)4-7-15-14(20)13-16-12(17-18-13)11-2-3-11/h10-11H,2-9H2,1H3,(H,15,20)(H,16,17,18). The Morgan fingerprint density at radius 2 is 2.10 bits per heavy atom. The molecule has 1 aromatic heterocycles. The van der Waals surface area contributed by atoms with E-state index in [1.165, 1.54) is 25.9 Å². The fraction of sp³-hybridized carbons (Fsp3) is 0.786. The lowest BCUT2D eigenvalue weighted by Crippen LogP contribution is -2.33. The maximum Gasteiger partial charge on any atom is 0.290 e. The van der Waals surface area contributed by atoms with Crippen LogP contribution in [-0.4, -0.2) is 52.7 Å². The Morgan fingerprint density at radius 1 is 1.35 bits per heavy atom. The maximum atomic E-state index is 11.9. The Hall–Kier alpha value is -1.43. The number of aromatic nitrogens is 3. The van der Waals surface area contributed by atoms with Crippen molar-refractivity contribution in [2.24, 2.45) is 5.92 Å². The van der Waals surface area contributed by atoms with Crippen molar-refractivity contribution in [3.8, 4) is 0 Å². The largest absolute Gasteiger partial charge is 0.349 e. The number of piperidine rings is 1. The van der Waals surface area contributed by atoms with Crippen molar-refractivity contribution in [2.75, 3.05) is 26.7 Å². The van der Waals surface area contributed by atoms with Gasteiger partial charge in [-0.15, -0.1) is 5.10 Å². The monoisotopic (exact) mass is 277 g/mol. The quantitative estimate of drug-likeness (QED) is 0.846. The van der Waals surface area contributed by atoms with Crippen molar-refractivity contribution in [3.05, 3.63) is 11.6 Å². The number of carbonyl (C=O) groups excluding carboxylic acids is 1. The van der Waals surface area contributed by atoms with E-state index in [9.17, 15) is 4.79 Å². The van der Waals surface area contributed by atoms with Crippen LogP contribution in [0.25, 0.3) is 0 Å². The highest BCUT2D eigenvalue weighted by atomic mass is 16.2. The molecule has 0 spiro atoms. The highest BCUT2D eigenvalue weighted by Crippen LogP contribution is 2.37. The molecule has 1 saturated carbocycles. The minimum Gasteiger partial charge on any atom is -0.349 e. The van der Waals surface area contributed by atoms with Gasteiger partial charge < -0.3 is 10.2 Å². The third-order valence-electron chi connectivity index (χ3n) is 4.35. The third-order valence-corrected chi connectivity index (χ3v) is 4.35. The van der Waals surface area contributed by atoms with E-state index in [0.717, 1.165) is 37.5 Å². The smallest absolute Gasteiger partial charge is 0.290 e. The van der Waals surface area contributed by atoms with Crippen molar-refractivity contribution in [2.45, 2.75) is 38.0 Å². The van der Waals surface area contributed by atoms with Gasteiger partial charge >= 0.3 is 0 Å². The number of H-pyrrole nitrogens is 1. The van der Waals surface area contributed by atoms with Crippen LogP contribution >= 0.6 is 0 Å². The van der Waals surface area contributed by atoms with Crippen LogP contribution in [-0.2, 0) is 0 Å². The number of carbonyl (C=O) groups is 1. The third kappa shape index (κ3) is 3.36. The lowest BCUT2D eigenvalue weighted by atomic mass is 9.94. The van der Waals surface area contributed by atoms with Crippen molar-refractivity contribution in [3.63, 3.8) is 0 Å². The van der Waals surface area contributed by atoms with Gasteiger partial charge in [0.2, 0.25) is 5.82 Å². The van der Waals surface area contributed by atoms with Gasteiger partial charge in [0, 0.05) is 12.5 Å². The van der Waals surface area contributed by atoms with Crippen LogP contribution in [0, 0.1) is 5.92 Å². The predicted molar refractivity (Wildman–Crippen MR) is 75.5 cm³/mol. The van der Waals surface area contributed by atoms with Gasteiger partial charge in [0.1, 0.15) is 5.82 Å². The fourth-order valence-electron chi connectivity index (χ4n) is 2.73. The summed E-state index contributed by atoms with van der Waals surface area (Å²) in [7, 11) is 2.17. The van der Waals surface area contributed by atoms with Crippen LogP contribution in [0.2, 0.25) is 0 Å². The van der Waals surface area contributed by atoms with Crippen LogP contribution in [0.15, 0.2) is 0 Å². The number of nitrogens with zero attached hydrogens (tertiary/aromatic N) is 3. The molecule has 2 aliphatic rings. The molecule has 2 N–H and O–H groups in total. The molecule has 6 nitrogen and oxygen atoms in total. The first-order valence-electron chi connectivity index (χ1n) is 7.61. The number of aromatic amines is 1. The number of rotatable bonds is 5. The molecule has 3 rings (SSSR count). The molecule has 0 unspecified atom stereocenters. The van der Waals surface area contributed by atoms with Crippen LogP contribution in [0.4, 0.5) is 0 Å². The summed E-state index contributed by atoms with van der Waals surface area (Å²) in [5.41, 5.74) is 0. The van der Waals surface area contributed by atoms with E-state index < -0.39 is 0 Å². The molecule has 1 aliphatic carbocycles. The van der Waals surface area contributed by atoms with Gasteiger partial charge in [-0.3, -0.25) is 9.89 Å². The van der Waals surface area contributed by atoms with Gasteiger partial charge in [-0.05, 0) is 58.2 Å². The summed E-state index contributed by atoms with van der Waals surface area (Å²) >= 11 is 0. The van der Waals surface area contributed by atoms with E-state index >= 15 is 0 Å². The Bertz CT molecular complexity index is 460. The summed E-state index contributed by atoms with van der Waals surface area (Å²) in [4.78, 5) is 18.6. The van der Waals surface area contributed by atoms with E-state index in [1.54, 1.807) is 0 Å². The van der Waals surface area contributed by atoms with Crippen LogP contribution in [0.1, 0.15) is 54.5 Å². The molecule has 0 atom stereocenters. The zero-order valence-corrected chi connectivity index (χ0v) is 12.1.